The molecule has 0 amide bonds. The Morgan fingerprint density at radius 2 is 1.00 bits per heavy atom. The molecular formula is C27H19N. The molecule has 0 N–H and O–H groups in total. The Morgan fingerprint density at radius 3 is 1.54 bits per heavy atom. The van der Waals surface area contributed by atoms with Crippen molar-refractivity contribution in [1.29, 1.82) is 0 Å². The van der Waals surface area contributed by atoms with Gasteiger partial charge in [-0.05, 0) is 52.7 Å². The quantitative estimate of drug-likeness (QED) is 0.289. The number of rotatable bonds is 1. The SMILES string of the molecule is Cc1ccc(-n2c3ccc4ccccc4c3c3c4ccccc4ccc32)cc1. The van der Waals surface area contributed by atoms with Gasteiger partial charge in [0.1, 0.15) is 0 Å². The molecule has 0 aliphatic carbocycles. The average molecular weight is 357 g/mol. The maximum atomic E-state index is 2.41. The second kappa shape index (κ2) is 5.71. The van der Waals surface area contributed by atoms with Crippen molar-refractivity contribution in [1.82, 2.24) is 4.57 Å². The standard InChI is InChI=1S/C27H19N/c1-18-10-14-21(15-11-18)28-24-16-12-19-6-2-4-8-22(19)26(24)27-23-9-5-3-7-20(23)13-17-25(27)28/h2-17H,1H3. The highest BCUT2D eigenvalue weighted by Crippen LogP contribution is 2.40. The van der Waals surface area contributed by atoms with Crippen LogP contribution in [0.25, 0.3) is 49.0 Å². The molecule has 0 bridgehead atoms. The summed E-state index contributed by atoms with van der Waals surface area (Å²) in [4.78, 5) is 0. The van der Waals surface area contributed by atoms with Gasteiger partial charge in [0.25, 0.3) is 0 Å². The first kappa shape index (κ1) is 15.5. The first-order valence-corrected chi connectivity index (χ1v) is 9.72. The average Bonchev–Trinajstić information content (AvgIpc) is 3.09. The lowest BCUT2D eigenvalue weighted by atomic mass is 10.00. The summed E-state index contributed by atoms with van der Waals surface area (Å²) in [6.45, 7) is 2.14. The van der Waals surface area contributed by atoms with Crippen molar-refractivity contribution < 1.29 is 0 Å². The number of nitrogens with zero attached hydrogens (tertiary/aromatic N) is 1. The van der Waals surface area contributed by atoms with Gasteiger partial charge in [0.2, 0.25) is 0 Å². The van der Waals surface area contributed by atoms with Crippen LogP contribution in [0, 0.1) is 6.92 Å². The lowest BCUT2D eigenvalue weighted by molar-refractivity contribution is 1.18. The summed E-state index contributed by atoms with van der Waals surface area (Å²) in [6, 6.07) is 35.3. The van der Waals surface area contributed by atoms with E-state index in [4.69, 9.17) is 0 Å². The van der Waals surface area contributed by atoms with Crippen LogP contribution in [-0.4, -0.2) is 4.57 Å². The normalized spacial score (nSPS) is 11.8. The minimum Gasteiger partial charge on any atom is -0.309 e. The van der Waals surface area contributed by atoms with Crippen LogP contribution >= 0.6 is 0 Å². The second-order valence-electron chi connectivity index (χ2n) is 7.53. The molecule has 0 saturated carbocycles. The predicted octanol–water partition coefficient (Wildman–Crippen LogP) is 7.40. The van der Waals surface area contributed by atoms with E-state index in [9.17, 15) is 0 Å². The van der Waals surface area contributed by atoms with E-state index in [-0.39, 0.29) is 0 Å². The topological polar surface area (TPSA) is 4.93 Å². The van der Waals surface area contributed by atoms with Crippen LogP contribution in [-0.2, 0) is 0 Å². The molecule has 1 heterocycles. The summed E-state index contributed by atoms with van der Waals surface area (Å²) in [6.07, 6.45) is 0. The number of benzene rings is 5. The van der Waals surface area contributed by atoms with Gasteiger partial charge in [-0.2, -0.15) is 0 Å². The van der Waals surface area contributed by atoms with Gasteiger partial charge >= 0.3 is 0 Å². The van der Waals surface area contributed by atoms with Gasteiger partial charge in [0.15, 0.2) is 0 Å². The fourth-order valence-corrected chi connectivity index (χ4v) is 4.52. The van der Waals surface area contributed by atoms with E-state index < -0.39 is 0 Å². The van der Waals surface area contributed by atoms with Crippen LogP contribution in [0.3, 0.4) is 0 Å². The van der Waals surface area contributed by atoms with E-state index in [0.717, 1.165) is 0 Å². The Bertz CT molecular complexity index is 1410. The molecule has 0 radical (unpaired) electrons. The lowest BCUT2D eigenvalue weighted by Crippen LogP contribution is -1.93. The Morgan fingerprint density at radius 1 is 0.500 bits per heavy atom. The summed E-state index contributed by atoms with van der Waals surface area (Å²) >= 11 is 0. The number of fused-ring (bicyclic) bond motifs is 7. The zero-order valence-electron chi connectivity index (χ0n) is 15.7. The smallest absolute Gasteiger partial charge is 0.0547 e. The largest absolute Gasteiger partial charge is 0.309 e. The molecule has 0 saturated heterocycles. The number of aryl methyl sites for hydroxylation is 1. The summed E-state index contributed by atoms with van der Waals surface area (Å²) < 4.78 is 2.41. The van der Waals surface area contributed by atoms with Crippen molar-refractivity contribution in [2.45, 2.75) is 6.92 Å². The molecule has 5 aromatic carbocycles. The monoisotopic (exact) mass is 357 g/mol. The third-order valence-electron chi connectivity index (χ3n) is 5.84. The lowest BCUT2D eigenvalue weighted by Gasteiger charge is -2.09. The molecule has 6 aromatic rings. The van der Waals surface area contributed by atoms with Crippen molar-refractivity contribution in [3.63, 3.8) is 0 Å². The second-order valence-corrected chi connectivity index (χ2v) is 7.53. The Kier molecular flexibility index (Phi) is 3.15. The fourth-order valence-electron chi connectivity index (χ4n) is 4.52. The van der Waals surface area contributed by atoms with Gasteiger partial charge in [-0.25, -0.2) is 0 Å². The Labute approximate surface area is 163 Å². The van der Waals surface area contributed by atoms with Crippen molar-refractivity contribution in [2.24, 2.45) is 0 Å². The number of aromatic nitrogens is 1. The van der Waals surface area contributed by atoms with Crippen molar-refractivity contribution in [3.8, 4) is 5.69 Å². The van der Waals surface area contributed by atoms with E-state index in [1.54, 1.807) is 0 Å². The molecule has 0 atom stereocenters. The summed E-state index contributed by atoms with van der Waals surface area (Å²) in [7, 11) is 0. The Balaban J connectivity index is 1.92. The highest BCUT2D eigenvalue weighted by atomic mass is 15.0. The maximum Gasteiger partial charge on any atom is 0.0547 e. The molecule has 28 heavy (non-hydrogen) atoms. The van der Waals surface area contributed by atoms with Crippen LogP contribution < -0.4 is 0 Å². The van der Waals surface area contributed by atoms with Gasteiger partial charge in [-0.3, -0.25) is 0 Å². The zero-order chi connectivity index (χ0) is 18.7. The molecular weight excluding hydrogens is 338 g/mol. The minimum absolute atomic E-state index is 1.20. The first-order chi connectivity index (χ1) is 13.8. The molecule has 132 valence electrons. The molecule has 6 rings (SSSR count). The molecule has 1 nitrogen and oxygen atoms in total. The van der Waals surface area contributed by atoms with E-state index in [2.05, 4.69) is 109 Å². The highest BCUT2D eigenvalue weighted by Gasteiger charge is 2.16. The summed E-state index contributed by atoms with van der Waals surface area (Å²) in [5.74, 6) is 0. The van der Waals surface area contributed by atoms with Crippen LogP contribution in [0.5, 0.6) is 0 Å². The third kappa shape index (κ3) is 2.07. The first-order valence-electron chi connectivity index (χ1n) is 9.72. The van der Waals surface area contributed by atoms with Gasteiger partial charge < -0.3 is 4.57 Å². The fraction of sp³-hybridized carbons (Fsp3) is 0.0370. The molecule has 0 aliphatic rings. The van der Waals surface area contributed by atoms with Crippen molar-refractivity contribution >= 4 is 43.4 Å². The predicted molar refractivity (Wildman–Crippen MR) is 121 cm³/mol. The van der Waals surface area contributed by atoms with Crippen LogP contribution in [0.15, 0.2) is 97.1 Å². The van der Waals surface area contributed by atoms with Crippen molar-refractivity contribution in [2.75, 3.05) is 0 Å². The molecule has 1 heteroatoms. The van der Waals surface area contributed by atoms with Gasteiger partial charge in [0.05, 0.1) is 11.0 Å². The van der Waals surface area contributed by atoms with E-state index in [0.29, 0.717) is 0 Å². The minimum atomic E-state index is 1.20. The zero-order valence-corrected chi connectivity index (χ0v) is 15.7. The summed E-state index contributed by atoms with van der Waals surface area (Å²) in [5, 5.41) is 7.87. The molecule has 0 fully saturated rings. The van der Waals surface area contributed by atoms with Crippen LogP contribution in [0.1, 0.15) is 5.56 Å². The van der Waals surface area contributed by atoms with Gasteiger partial charge in [-0.15, -0.1) is 0 Å². The van der Waals surface area contributed by atoms with E-state index >= 15 is 0 Å². The van der Waals surface area contributed by atoms with E-state index in [1.807, 2.05) is 0 Å². The van der Waals surface area contributed by atoms with E-state index in [1.165, 1.54) is 54.6 Å². The maximum absolute atomic E-state index is 2.41. The van der Waals surface area contributed by atoms with Crippen molar-refractivity contribution in [3.05, 3.63) is 103 Å². The number of hydrogen-bond acceptors (Lipinski definition) is 0. The Hall–Kier alpha value is -3.58. The molecule has 1 aromatic heterocycles. The van der Waals surface area contributed by atoms with Gasteiger partial charge in [-0.1, -0.05) is 78.4 Å². The third-order valence-corrected chi connectivity index (χ3v) is 5.84. The van der Waals surface area contributed by atoms with Gasteiger partial charge in [0, 0.05) is 16.5 Å². The molecule has 0 aliphatic heterocycles. The van der Waals surface area contributed by atoms with Crippen LogP contribution in [0.2, 0.25) is 0 Å². The highest BCUT2D eigenvalue weighted by molar-refractivity contribution is 6.28. The molecule has 0 spiro atoms. The number of hydrogen-bond donors (Lipinski definition) is 0. The van der Waals surface area contributed by atoms with Crippen LogP contribution in [0.4, 0.5) is 0 Å². The summed E-state index contributed by atoms with van der Waals surface area (Å²) in [5.41, 5.74) is 5.00. The molecule has 0 unspecified atom stereocenters.